The second kappa shape index (κ2) is 9.07. The Morgan fingerprint density at radius 1 is 1.22 bits per heavy atom. The van der Waals surface area contributed by atoms with E-state index in [1.165, 1.54) is 5.56 Å². The lowest BCUT2D eigenvalue weighted by Crippen LogP contribution is -2.49. The molecule has 0 saturated carbocycles. The summed E-state index contributed by atoms with van der Waals surface area (Å²) >= 11 is 1.59. The quantitative estimate of drug-likeness (QED) is 0.610. The summed E-state index contributed by atoms with van der Waals surface area (Å²) in [4.78, 5) is 22.1. The van der Waals surface area contributed by atoms with Gasteiger partial charge >= 0.3 is 0 Å². The molecule has 1 aliphatic rings. The van der Waals surface area contributed by atoms with Crippen LogP contribution in [0.1, 0.15) is 33.3 Å². The van der Waals surface area contributed by atoms with Crippen molar-refractivity contribution in [2.75, 3.05) is 49.6 Å². The Kier molecular flexibility index (Phi) is 6.39. The first kappa shape index (κ1) is 22.5. The van der Waals surface area contributed by atoms with Gasteiger partial charge in [-0.05, 0) is 40.7 Å². The molecular formula is C23H32N6O2S. The first-order valence-corrected chi connectivity index (χ1v) is 11.9. The van der Waals surface area contributed by atoms with Gasteiger partial charge in [-0.2, -0.15) is 4.52 Å². The Balaban J connectivity index is 1.59. The smallest absolute Gasteiger partial charge is 0.248 e. The van der Waals surface area contributed by atoms with Crippen LogP contribution in [0.5, 0.6) is 0 Å². The van der Waals surface area contributed by atoms with E-state index in [2.05, 4.69) is 62.2 Å². The lowest BCUT2D eigenvalue weighted by molar-refractivity contribution is -0.136. The number of carbonyl (C=O) groups excluding carboxylic acids is 1. The first-order valence-electron chi connectivity index (χ1n) is 11.1. The van der Waals surface area contributed by atoms with Gasteiger partial charge < -0.3 is 19.9 Å². The van der Waals surface area contributed by atoms with E-state index in [1.807, 2.05) is 16.3 Å². The average molecular weight is 457 g/mol. The van der Waals surface area contributed by atoms with Crippen LogP contribution in [-0.4, -0.2) is 70.3 Å². The molecular weight excluding hydrogens is 424 g/mol. The Morgan fingerprint density at radius 2 is 1.97 bits per heavy atom. The number of aryl methyl sites for hydroxylation is 1. The number of hydrogen-bond acceptors (Lipinski definition) is 7. The van der Waals surface area contributed by atoms with Crippen molar-refractivity contribution in [1.29, 1.82) is 0 Å². The molecule has 0 radical (unpaired) electrons. The van der Waals surface area contributed by atoms with Crippen LogP contribution in [0, 0.1) is 6.92 Å². The second-order valence-corrected chi connectivity index (χ2v) is 10.1. The number of nitrogens with zero attached hydrogens (tertiary/aromatic N) is 5. The molecule has 0 bridgehead atoms. The number of fused-ring (bicyclic) bond motifs is 1. The minimum Gasteiger partial charge on any atom is -0.372 e. The zero-order valence-corrected chi connectivity index (χ0v) is 20.3. The highest BCUT2D eigenvalue weighted by atomic mass is 32.1. The lowest BCUT2D eigenvalue weighted by Gasteiger charge is -2.34. The number of benzene rings is 1. The first-order chi connectivity index (χ1) is 15.2. The predicted octanol–water partition coefficient (Wildman–Crippen LogP) is 3.66. The number of carbonyl (C=O) groups is 1. The second-order valence-electron chi connectivity index (χ2n) is 9.14. The van der Waals surface area contributed by atoms with Crippen molar-refractivity contribution in [2.45, 2.75) is 40.2 Å². The predicted molar refractivity (Wildman–Crippen MR) is 130 cm³/mol. The molecule has 3 heterocycles. The van der Waals surface area contributed by atoms with Crippen LogP contribution in [0.4, 0.5) is 10.9 Å². The van der Waals surface area contributed by atoms with Gasteiger partial charge in [-0.3, -0.25) is 4.79 Å². The molecule has 0 aliphatic carbocycles. The number of anilines is 2. The number of nitrogens with one attached hydrogen (secondary N) is 1. The van der Waals surface area contributed by atoms with Gasteiger partial charge in [-0.1, -0.05) is 35.1 Å². The highest BCUT2D eigenvalue weighted by Gasteiger charge is 2.26. The van der Waals surface area contributed by atoms with E-state index in [9.17, 15) is 4.79 Å². The van der Waals surface area contributed by atoms with Crippen molar-refractivity contribution in [1.82, 2.24) is 19.5 Å². The van der Waals surface area contributed by atoms with Crippen molar-refractivity contribution in [2.24, 2.45) is 0 Å². The topological polar surface area (TPSA) is 75.0 Å². The minimum atomic E-state index is -0.134. The summed E-state index contributed by atoms with van der Waals surface area (Å²) < 4.78 is 7.19. The molecule has 3 aromatic rings. The summed E-state index contributed by atoms with van der Waals surface area (Å²) in [7, 11) is 0. The molecule has 1 amide bonds. The van der Waals surface area contributed by atoms with E-state index in [0.29, 0.717) is 19.7 Å². The van der Waals surface area contributed by atoms with Crippen LogP contribution in [0.15, 0.2) is 24.3 Å². The Morgan fingerprint density at radius 3 is 2.62 bits per heavy atom. The number of imidazole rings is 1. The maximum absolute atomic E-state index is 12.2. The molecule has 8 nitrogen and oxygen atoms in total. The van der Waals surface area contributed by atoms with Gasteiger partial charge in [0.2, 0.25) is 16.0 Å². The third-order valence-corrected chi connectivity index (χ3v) is 6.28. The summed E-state index contributed by atoms with van der Waals surface area (Å²) in [5, 5.41) is 9.45. The van der Waals surface area contributed by atoms with Crippen molar-refractivity contribution in [3.8, 4) is 11.3 Å². The SMILES string of the molecule is CCOCC(=O)N1CCN(c2nn3c(NC(C)(C)C)c(-c4cccc(C)c4)nc3s2)CC1. The third kappa shape index (κ3) is 4.88. The Hall–Kier alpha value is -2.65. The Bertz CT molecular complexity index is 1090. The standard InChI is InChI=1S/C23H32N6O2S/c1-6-31-15-18(30)27-10-12-28(13-11-27)22-26-29-20(25-23(3,4)5)19(24-21(29)32-22)17-9-7-8-16(2)14-17/h7-9,14,25H,6,10-13,15H2,1-5H3. The van der Waals surface area contributed by atoms with Crippen molar-refractivity contribution in [3.63, 3.8) is 0 Å². The van der Waals surface area contributed by atoms with Crippen molar-refractivity contribution < 1.29 is 9.53 Å². The van der Waals surface area contributed by atoms with Crippen LogP contribution >= 0.6 is 11.3 Å². The summed E-state index contributed by atoms with van der Waals surface area (Å²) in [6.07, 6.45) is 0. The monoisotopic (exact) mass is 456 g/mol. The molecule has 0 atom stereocenters. The van der Waals surface area contributed by atoms with Crippen LogP contribution in [0.25, 0.3) is 16.2 Å². The van der Waals surface area contributed by atoms with Crippen molar-refractivity contribution in [3.05, 3.63) is 29.8 Å². The van der Waals surface area contributed by atoms with Gasteiger partial charge in [0.25, 0.3) is 0 Å². The molecule has 0 unspecified atom stereocenters. The molecule has 1 saturated heterocycles. The Labute approximate surface area is 193 Å². The molecule has 32 heavy (non-hydrogen) atoms. The third-order valence-electron chi connectivity index (χ3n) is 5.31. The van der Waals surface area contributed by atoms with Crippen LogP contribution in [-0.2, 0) is 9.53 Å². The normalized spacial score (nSPS) is 14.9. The number of aromatic nitrogens is 3. The van der Waals surface area contributed by atoms with Gasteiger partial charge in [0.15, 0.2) is 5.82 Å². The number of amides is 1. The van der Waals surface area contributed by atoms with Gasteiger partial charge in [0, 0.05) is 43.9 Å². The van der Waals surface area contributed by atoms with E-state index in [4.69, 9.17) is 14.8 Å². The summed E-state index contributed by atoms with van der Waals surface area (Å²) in [5.41, 5.74) is 3.06. The van der Waals surface area contributed by atoms with E-state index >= 15 is 0 Å². The summed E-state index contributed by atoms with van der Waals surface area (Å²) in [6.45, 7) is 14.0. The molecule has 172 valence electrons. The van der Waals surface area contributed by atoms with Crippen LogP contribution < -0.4 is 10.2 Å². The molecule has 2 aromatic heterocycles. The number of piperazine rings is 1. The van der Waals surface area contributed by atoms with E-state index in [1.54, 1.807) is 11.3 Å². The average Bonchev–Trinajstić information content (AvgIpc) is 3.30. The van der Waals surface area contributed by atoms with Gasteiger partial charge in [0.1, 0.15) is 12.3 Å². The maximum atomic E-state index is 12.2. The van der Waals surface area contributed by atoms with E-state index < -0.39 is 0 Å². The van der Waals surface area contributed by atoms with Gasteiger partial charge in [-0.15, -0.1) is 5.10 Å². The van der Waals surface area contributed by atoms with Gasteiger partial charge in [0.05, 0.1) is 0 Å². The molecule has 4 rings (SSSR count). The fourth-order valence-electron chi connectivity index (χ4n) is 3.75. The number of hydrogen-bond donors (Lipinski definition) is 1. The molecule has 1 aromatic carbocycles. The largest absolute Gasteiger partial charge is 0.372 e. The fourth-order valence-corrected chi connectivity index (χ4v) is 4.71. The fraction of sp³-hybridized carbons (Fsp3) is 0.522. The number of rotatable bonds is 6. The van der Waals surface area contributed by atoms with Gasteiger partial charge in [-0.25, -0.2) is 4.98 Å². The zero-order valence-electron chi connectivity index (χ0n) is 19.5. The molecule has 9 heteroatoms. The number of ether oxygens (including phenoxy) is 1. The molecule has 1 N–H and O–H groups in total. The molecule has 1 fully saturated rings. The van der Waals surface area contributed by atoms with E-state index in [0.717, 1.165) is 40.3 Å². The van der Waals surface area contributed by atoms with E-state index in [-0.39, 0.29) is 18.1 Å². The van der Waals surface area contributed by atoms with Crippen LogP contribution in [0.3, 0.4) is 0 Å². The molecule has 0 spiro atoms. The summed E-state index contributed by atoms with van der Waals surface area (Å²) in [5.74, 6) is 0.964. The lowest BCUT2D eigenvalue weighted by atomic mass is 10.1. The molecule has 1 aliphatic heterocycles. The van der Waals surface area contributed by atoms with Crippen LogP contribution in [0.2, 0.25) is 0 Å². The summed E-state index contributed by atoms with van der Waals surface area (Å²) in [6, 6.07) is 8.39. The highest BCUT2D eigenvalue weighted by Crippen LogP contribution is 2.35. The maximum Gasteiger partial charge on any atom is 0.248 e. The minimum absolute atomic E-state index is 0.0555. The highest BCUT2D eigenvalue weighted by molar-refractivity contribution is 7.20. The zero-order chi connectivity index (χ0) is 22.9. The van der Waals surface area contributed by atoms with Crippen molar-refractivity contribution >= 4 is 33.2 Å².